The predicted molar refractivity (Wildman–Crippen MR) is 100 cm³/mol. The van der Waals surface area contributed by atoms with E-state index in [1.54, 1.807) is 12.5 Å². The van der Waals surface area contributed by atoms with Crippen molar-refractivity contribution in [3.8, 4) is 0 Å². The summed E-state index contributed by atoms with van der Waals surface area (Å²) < 4.78 is 1.93. The number of nitrogens with zero attached hydrogens (tertiary/aromatic N) is 3. The molecule has 0 unspecified atom stereocenters. The Labute approximate surface area is 149 Å². The largest absolute Gasteiger partial charge is 0.334 e. The minimum atomic E-state index is -0.140. The minimum absolute atomic E-state index is 0.140. The number of benzene rings is 2. The number of hydrogen-bond acceptors (Lipinski definition) is 4. The van der Waals surface area contributed by atoms with Crippen molar-refractivity contribution in [2.75, 3.05) is 5.32 Å². The van der Waals surface area contributed by atoms with E-state index in [0.717, 1.165) is 28.1 Å². The normalized spacial score (nSPS) is 10.9. The van der Waals surface area contributed by atoms with Crippen LogP contribution in [0.25, 0.3) is 11.0 Å². The molecule has 2 heterocycles. The van der Waals surface area contributed by atoms with E-state index in [1.807, 2.05) is 48.0 Å². The Kier molecular flexibility index (Phi) is 4.03. The number of aryl methyl sites for hydroxylation is 1. The summed E-state index contributed by atoms with van der Waals surface area (Å²) in [6.45, 7) is 0. The molecule has 25 heavy (non-hydrogen) atoms. The third kappa shape index (κ3) is 3.29. The molecule has 0 radical (unpaired) electrons. The molecule has 2 aromatic heterocycles. The second-order valence-corrected chi connectivity index (χ2v) is 6.91. The highest BCUT2D eigenvalue weighted by Gasteiger charge is 2.12. The van der Waals surface area contributed by atoms with Crippen molar-refractivity contribution in [1.29, 1.82) is 0 Å². The van der Waals surface area contributed by atoms with Crippen LogP contribution in [0.4, 0.5) is 5.69 Å². The Bertz CT molecular complexity index is 1040. The zero-order valence-corrected chi connectivity index (χ0v) is 14.5. The summed E-state index contributed by atoms with van der Waals surface area (Å²) in [7, 11) is 1.93. The van der Waals surface area contributed by atoms with Crippen LogP contribution in [0.15, 0.2) is 61.1 Å². The number of thiazole rings is 1. The SMILES string of the molecule is Cn1cnc2ccc(NC(=O)c3cnc(Cc4ccccc4)s3)cc21. The highest BCUT2D eigenvalue weighted by atomic mass is 32.1. The van der Waals surface area contributed by atoms with Crippen molar-refractivity contribution in [3.05, 3.63) is 76.5 Å². The van der Waals surface area contributed by atoms with Crippen LogP contribution in [0.1, 0.15) is 20.2 Å². The Morgan fingerprint density at radius 1 is 1.16 bits per heavy atom. The number of anilines is 1. The summed E-state index contributed by atoms with van der Waals surface area (Å²) in [6.07, 6.45) is 4.13. The number of hydrogen-bond donors (Lipinski definition) is 1. The van der Waals surface area contributed by atoms with E-state index < -0.39 is 0 Å². The van der Waals surface area contributed by atoms with E-state index in [9.17, 15) is 4.79 Å². The Balaban J connectivity index is 1.49. The van der Waals surface area contributed by atoms with Gasteiger partial charge in [0.05, 0.1) is 28.6 Å². The summed E-state index contributed by atoms with van der Waals surface area (Å²) >= 11 is 1.42. The zero-order valence-electron chi connectivity index (χ0n) is 13.6. The van der Waals surface area contributed by atoms with E-state index >= 15 is 0 Å². The van der Waals surface area contributed by atoms with Gasteiger partial charge < -0.3 is 9.88 Å². The van der Waals surface area contributed by atoms with Gasteiger partial charge in [-0.15, -0.1) is 11.3 Å². The molecule has 2 aromatic carbocycles. The maximum absolute atomic E-state index is 12.5. The highest BCUT2D eigenvalue weighted by Crippen LogP contribution is 2.21. The van der Waals surface area contributed by atoms with Gasteiger partial charge in [-0.05, 0) is 23.8 Å². The quantitative estimate of drug-likeness (QED) is 0.609. The van der Waals surface area contributed by atoms with Crippen LogP contribution in [-0.4, -0.2) is 20.4 Å². The first-order valence-electron chi connectivity index (χ1n) is 7.90. The second-order valence-electron chi connectivity index (χ2n) is 5.79. The van der Waals surface area contributed by atoms with E-state index in [0.29, 0.717) is 4.88 Å². The molecule has 0 aliphatic rings. The van der Waals surface area contributed by atoms with Gasteiger partial charge in [0.1, 0.15) is 4.88 Å². The van der Waals surface area contributed by atoms with Gasteiger partial charge in [0, 0.05) is 19.2 Å². The molecule has 1 amide bonds. The minimum Gasteiger partial charge on any atom is -0.334 e. The first-order valence-corrected chi connectivity index (χ1v) is 8.72. The van der Waals surface area contributed by atoms with Gasteiger partial charge in [-0.1, -0.05) is 30.3 Å². The van der Waals surface area contributed by atoms with Gasteiger partial charge in [-0.25, -0.2) is 9.97 Å². The van der Waals surface area contributed by atoms with E-state index in [1.165, 1.54) is 16.9 Å². The van der Waals surface area contributed by atoms with Crippen LogP contribution in [-0.2, 0) is 13.5 Å². The third-order valence-corrected chi connectivity index (χ3v) is 4.95. The van der Waals surface area contributed by atoms with Crippen molar-refractivity contribution in [2.24, 2.45) is 7.05 Å². The molecular weight excluding hydrogens is 332 g/mol. The number of carbonyl (C=O) groups is 1. The van der Waals surface area contributed by atoms with Crippen molar-refractivity contribution in [1.82, 2.24) is 14.5 Å². The Morgan fingerprint density at radius 2 is 2.00 bits per heavy atom. The molecule has 0 fully saturated rings. The maximum atomic E-state index is 12.5. The van der Waals surface area contributed by atoms with Gasteiger partial charge in [0.15, 0.2) is 0 Å². The standard InChI is InChI=1S/C19H16N4OS/c1-23-12-21-15-8-7-14(10-16(15)23)22-19(24)17-11-20-18(25-17)9-13-5-3-2-4-6-13/h2-8,10-12H,9H2,1H3,(H,22,24). The second kappa shape index (κ2) is 6.49. The van der Waals surface area contributed by atoms with E-state index in [-0.39, 0.29) is 5.91 Å². The average molecular weight is 348 g/mol. The number of rotatable bonds is 4. The molecule has 1 N–H and O–H groups in total. The lowest BCUT2D eigenvalue weighted by molar-refractivity contribution is 0.103. The first kappa shape index (κ1) is 15.5. The fraction of sp³-hybridized carbons (Fsp3) is 0.105. The number of imidazole rings is 1. The smallest absolute Gasteiger partial charge is 0.267 e. The molecule has 0 atom stereocenters. The summed E-state index contributed by atoms with van der Waals surface area (Å²) in [4.78, 5) is 21.7. The van der Waals surface area contributed by atoms with Gasteiger partial charge in [0.25, 0.3) is 5.91 Å². The Morgan fingerprint density at radius 3 is 2.84 bits per heavy atom. The molecule has 0 spiro atoms. The van der Waals surface area contributed by atoms with Gasteiger partial charge in [-0.3, -0.25) is 4.79 Å². The molecule has 6 heteroatoms. The van der Waals surface area contributed by atoms with Crippen LogP contribution >= 0.6 is 11.3 Å². The van der Waals surface area contributed by atoms with Crippen LogP contribution in [0.3, 0.4) is 0 Å². The molecule has 124 valence electrons. The fourth-order valence-corrected chi connectivity index (χ4v) is 3.51. The molecule has 5 nitrogen and oxygen atoms in total. The summed E-state index contributed by atoms with van der Waals surface area (Å²) in [6, 6.07) is 15.8. The summed E-state index contributed by atoms with van der Waals surface area (Å²) in [5.74, 6) is -0.140. The molecule has 0 aliphatic carbocycles. The predicted octanol–water partition coefficient (Wildman–Crippen LogP) is 3.87. The van der Waals surface area contributed by atoms with Crippen molar-refractivity contribution in [3.63, 3.8) is 0 Å². The highest BCUT2D eigenvalue weighted by molar-refractivity contribution is 7.13. The van der Waals surface area contributed by atoms with Gasteiger partial charge in [-0.2, -0.15) is 0 Å². The lowest BCUT2D eigenvalue weighted by Crippen LogP contribution is -2.10. The van der Waals surface area contributed by atoms with Crippen molar-refractivity contribution in [2.45, 2.75) is 6.42 Å². The van der Waals surface area contributed by atoms with Crippen molar-refractivity contribution >= 4 is 34.0 Å². The van der Waals surface area contributed by atoms with Crippen molar-refractivity contribution < 1.29 is 4.79 Å². The summed E-state index contributed by atoms with van der Waals surface area (Å²) in [5.41, 5.74) is 3.82. The lowest BCUT2D eigenvalue weighted by atomic mass is 10.2. The molecule has 4 aromatic rings. The number of nitrogens with one attached hydrogen (secondary N) is 1. The molecule has 0 saturated heterocycles. The average Bonchev–Trinajstić information content (AvgIpc) is 3.23. The first-order chi connectivity index (χ1) is 12.2. The van der Waals surface area contributed by atoms with Crippen LogP contribution in [0.2, 0.25) is 0 Å². The fourth-order valence-electron chi connectivity index (χ4n) is 2.66. The monoisotopic (exact) mass is 348 g/mol. The summed E-state index contributed by atoms with van der Waals surface area (Å²) in [5, 5.41) is 3.86. The third-order valence-electron chi connectivity index (χ3n) is 3.96. The topological polar surface area (TPSA) is 59.8 Å². The Hall–Kier alpha value is -2.99. The molecule has 0 saturated carbocycles. The van der Waals surface area contributed by atoms with Crippen LogP contribution in [0, 0.1) is 0 Å². The molecule has 0 aliphatic heterocycles. The lowest BCUT2D eigenvalue weighted by Gasteiger charge is -2.04. The van der Waals surface area contributed by atoms with Gasteiger partial charge >= 0.3 is 0 Å². The molecular formula is C19H16N4OS. The molecule has 0 bridgehead atoms. The molecule has 4 rings (SSSR count). The van der Waals surface area contributed by atoms with E-state index in [4.69, 9.17) is 0 Å². The number of carbonyl (C=O) groups excluding carboxylic acids is 1. The van der Waals surface area contributed by atoms with E-state index in [2.05, 4.69) is 27.4 Å². The zero-order chi connectivity index (χ0) is 17.2. The number of aromatic nitrogens is 3. The number of amides is 1. The van der Waals surface area contributed by atoms with Crippen LogP contribution < -0.4 is 5.32 Å². The van der Waals surface area contributed by atoms with Crippen LogP contribution in [0.5, 0.6) is 0 Å². The number of fused-ring (bicyclic) bond motifs is 1. The maximum Gasteiger partial charge on any atom is 0.267 e. The van der Waals surface area contributed by atoms with Gasteiger partial charge in [0.2, 0.25) is 0 Å².